The van der Waals surface area contributed by atoms with Crippen molar-refractivity contribution in [3.8, 4) is 0 Å². The van der Waals surface area contributed by atoms with E-state index < -0.39 is 42.0 Å². The number of rotatable bonds is 15. The highest BCUT2D eigenvalue weighted by atomic mass is 32.2. The fourth-order valence-corrected chi connectivity index (χ4v) is 3.35. The van der Waals surface area contributed by atoms with Gasteiger partial charge in [-0.2, -0.15) is 45.5 Å². The second kappa shape index (κ2) is 14.8. The first-order chi connectivity index (χ1) is 14.8. The van der Waals surface area contributed by atoms with Crippen LogP contribution in [0.3, 0.4) is 0 Å². The van der Waals surface area contributed by atoms with Gasteiger partial charge in [0.05, 0.1) is 6.61 Å². The van der Waals surface area contributed by atoms with Gasteiger partial charge in [0.15, 0.2) is 0 Å². The molecule has 0 saturated heterocycles. The van der Waals surface area contributed by atoms with Crippen molar-refractivity contribution in [3.05, 3.63) is 0 Å². The van der Waals surface area contributed by atoms with Gasteiger partial charge in [0.2, 0.25) is 5.91 Å². The topological polar surface area (TPSA) is 84.5 Å². The Balaban J connectivity index is 5.26. The first kappa shape index (κ1) is 30.8. The van der Waals surface area contributed by atoms with Crippen LogP contribution in [0.1, 0.15) is 39.5 Å². The summed E-state index contributed by atoms with van der Waals surface area (Å²) < 4.78 is 69.2. The Labute approximate surface area is 193 Å². The van der Waals surface area contributed by atoms with Crippen LogP contribution in [0.4, 0.5) is 22.0 Å². The molecule has 0 radical (unpaired) electrons. The van der Waals surface area contributed by atoms with Crippen LogP contribution in [0.2, 0.25) is 0 Å². The molecule has 0 aliphatic heterocycles. The third-order valence-corrected chi connectivity index (χ3v) is 5.54. The van der Waals surface area contributed by atoms with Crippen molar-refractivity contribution in [1.82, 2.24) is 10.6 Å². The van der Waals surface area contributed by atoms with E-state index in [0.717, 1.165) is 6.42 Å². The van der Waals surface area contributed by atoms with Crippen LogP contribution in [0.25, 0.3) is 0 Å². The summed E-state index contributed by atoms with van der Waals surface area (Å²) in [7, 11) is 0. The summed E-state index contributed by atoms with van der Waals surface area (Å²) in [6.07, 6.45) is -1.29. The van der Waals surface area contributed by atoms with Gasteiger partial charge in [-0.05, 0) is 55.6 Å². The summed E-state index contributed by atoms with van der Waals surface area (Å²) in [5.74, 6) is -8.97. The third kappa shape index (κ3) is 11.1. The summed E-state index contributed by atoms with van der Waals surface area (Å²) in [5, 5.41) is 3.80. The fourth-order valence-electron chi connectivity index (χ4n) is 2.40. The number of hydrogen-bond acceptors (Lipinski definition) is 6. The maximum atomic E-state index is 13.3. The van der Waals surface area contributed by atoms with E-state index in [2.05, 4.69) is 5.32 Å². The zero-order chi connectivity index (χ0) is 24.9. The molecule has 0 aliphatic rings. The standard InChI is InChI=1S/C19H31F5N2O4S2/c1-12(2)6-5-9-30-16(28)14(8-11-32-4)25-15(27)13(7-10-31-3)26-17(29)18(20,21)19(22,23)24/h12-14H,5-11H2,1-4H3,(H,25,27)(H,26,29). The van der Waals surface area contributed by atoms with E-state index in [9.17, 15) is 36.3 Å². The molecule has 32 heavy (non-hydrogen) atoms. The van der Waals surface area contributed by atoms with Gasteiger partial charge >= 0.3 is 24.0 Å². The smallest absolute Gasteiger partial charge is 0.463 e. The highest BCUT2D eigenvalue weighted by molar-refractivity contribution is 7.98. The molecule has 0 saturated carbocycles. The highest BCUT2D eigenvalue weighted by Crippen LogP contribution is 2.35. The average molecular weight is 511 g/mol. The number of halogens is 5. The molecule has 0 spiro atoms. The van der Waals surface area contributed by atoms with Gasteiger partial charge in [-0.1, -0.05) is 13.8 Å². The Morgan fingerprint density at radius 1 is 0.875 bits per heavy atom. The minimum atomic E-state index is -6.10. The molecule has 0 fully saturated rings. The summed E-state index contributed by atoms with van der Waals surface area (Å²) in [5.41, 5.74) is 0. The van der Waals surface area contributed by atoms with Crippen molar-refractivity contribution in [3.63, 3.8) is 0 Å². The number of esters is 1. The van der Waals surface area contributed by atoms with Gasteiger partial charge in [0.25, 0.3) is 0 Å². The molecular weight excluding hydrogens is 479 g/mol. The van der Waals surface area contributed by atoms with Crippen LogP contribution < -0.4 is 10.6 Å². The van der Waals surface area contributed by atoms with Crippen LogP contribution >= 0.6 is 23.5 Å². The molecule has 0 aromatic heterocycles. The molecular formula is C19H31F5N2O4S2. The Bertz CT molecular complexity index is 607. The van der Waals surface area contributed by atoms with E-state index in [1.807, 2.05) is 13.8 Å². The molecule has 0 aromatic carbocycles. The minimum absolute atomic E-state index is 0.132. The van der Waals surface area contributed by atoms with E-state index in [-0.39, 0.29) is 25.2 Å². The summed E-state index contributed by atoms with van der Waals surface area (Å²) >= 11 is 2.60. The van der Waals surface area contributed by atoms with E-state index >= 15 is 0 Å². The van der Waals surface area contributed by atoms with Crippen LogP contribution in [-0.2, 0) is 19.1 Å². The lowest BCUT2D eigenvalue weighted by Gasteiger charge is -2.25. The maximum absolute atomic E-state index is 13.3. The molecule has 0 rings (SSSR count). The van der Waals surface area contributed by atoms with E-state index in [4.69, 9.17) is 4.74 Å². The fraction of sp³-hybridized carbons (Fsp3) is 0.842. The predicted octanol–water partition coefficient (Wildman–Crippen LogP) is 3.64. The number of alkyl halides is 5. The molecule has 0 aromatic rings. The average Bonchev–Trinajstić information content (AvgIpc) is 2.69. The van der Waals surface area contributed by atoms with E-state index in [0.29, 0.717) is 18.1 Å². The van der Waals surface area contributed by atoms with Crippen molar-refractivity contribution in [2.75, 3.05) is 30.6 Å². The normalized spacial score (nSPS) is 14.1. The molecule has 13 heteroatoms. The minimum Gasteiger partial charge on any atom is -0.464 e. The molecule has 0 aliphatic carbocycles. The number of thioether (sulfide) groups is 2. The maximum Gasteiger partial charge on any atom is 0.463 e. The van der Waals surface area contributed by atoms with Crippen molar-refractivity contribution in [1.29, 1.82) is 0 Å². The lowest BCUT2D eigenvalue weighted by Crippen LogP contribution is -2.58. The lowest BCUT2D eigenvalue weighted by molar-refractivity contribution is -0.270. The molecule has 2 amide bonds. The summed E-state index contributed by atoms with van der Waals surface area (Å²) in [6, 6.07) is -2.79. The van der Waals surface area contributed by atoms with Crippen molar-refractivity contribution in [2.45, 2.75) is 63.7 Å². The molecule has 188 valence electrons. The third-order valence-electron chi connectivity index (χ3n) is 4.26. The van der Waals surface area contributed by atoms with E-state index in [1.165, 1.54) is 28.8 Å². The second-order valence-electron chi connectivity index (χ2n) is 7.43. The van der Waals surface area contributed by atoms with Gasteiger partial charge in [-0.25, -0.2) is 4.79 Å². The Morgan fingerprint density at radius 2 is 1.41 bits per heavy atom. The highest BCUT2D eigenvalue weighted by Gasteiger charge is 2.63. The molecule has 2 atom stereocenters. The zero-order valence-electron chi connectivity index (χ0n) is 18.5. The van der Waals surface area contributed by atoms with Gasteiger partial charge in [-0.3, -0.25) is 9.59 Å². The van der Waals surface area contributed by atoms with Crippen molar-refractivity contribution in [2.24, 2.45) is 5.92 Å². The molecule has 6 nitrogen and oxygen atoms in total. The number of ether oxygens (including phenoxy) is 1. The molecule has 0 bridgehead atoms. The summed E-state index contributed by atoms with van der Waals surface area (Å²) in [4.78, 5) is 36.5. The molecule has 0 heterocycles. The van der Waals surface area contributed by atoms with Crippen molar-refractivity contribution < 1.29 is 41.1 Å². The first-order valence-electron chi connectivity index (χ1n) is 9.98. The van der Waals surface area contributed by atoms with Gasteiger partial charge in [0.1, 0.15) is 12.1 Å². The SMILES string of the molecule is CSCCC(NC(=O)C(F)(F)C(F)(F)F)C(=O)NC(CCSC)C(=O)OCCCC(C)C. The Kier molecular flexibility index (Phi) is 14.2. The van der Waals surface area contributed by atoms with Crippen LogP contribution in [-0.4, -0.2) is 72.6 Å². The Hall–Kier alpha value is -1.24. The van der Waals surface area contributed by atoms with Crippen LogP contribution in [0, 0.1) is 5.92 Å². The van der Waals surface area contributed by atoms with Crippen LogP contribution in [0.15, 0.2) is 0 Å². The zero-order valence-corrected chi connectivity index (χ0v) is 20.2. The van der Waals surface area contributed by atoms with Crippen molar-refractivity contribution >= 4 is 41.3 Å². The van der Waals surface area contributed by atoms with Gasteiger partial charge in [-0.15, -0.1) is 0 Å². The van der Waals surface area contributed by atoms with E-state index in [1.54, 1.807) is 12.5 Å². The second-order valence-corrected chi connectivity index (χ2v) is 9.40. The monoisotopic (exact) mass is 510 g/mol. The number of nitrogens with one attached hydrogen (secondary N) is 2. The van der Waals surface area contributed by atoms with Gasteiger partial charge < -0.3 is 15.4 Å². The number of carbonyl (C=O) groups excluding carboxylic acids is 3. The Morgan fingerprint density at radius 3 is 1.88 bits per heavy atom. The van der Waals surface area contributed by atoms with Crippen LogP contribution in [0.5, 0.6) is 0 Å². The first-order valence-corrected chi connectivity index (χ1v) is 12.8. The quantitative estimate of drug-likeness (QED) is 0.199. The predicted molar refractivity (Wildman–Crippen MR) is 116 cm³/mol. The number of hydrogen-bond donors (Lipinski definition) is 2. The lowest BCUT2D eigenvalue weighted by atomic mass is 10.1. The van der Waals surface area contributed by atoms with Gasteiger partial charge in [0, 0.05) is 0 Å². The molecule has 2 N–H and O–H groups in total. The molecule has 2 unspecified atom stereocenters. The number of carbonyl (C=O) groups is 3. The summed E-state index contributed by atoms with van der Waals surface area (Å²) in [6.45, 7) is 4.15. The largest absolute Gasteiger partial charge is 0.464 e. The number of amides is 2.